The van der Waals surface area contributed by atoms with Gasteiger partial charge in [0.05, 0.1) is 0 Å². The van der Waals surface area contributed by atoms with E-state index in [0.29, 0.717) is 24.7 Å². The van der Waals surface area contributed by atoms with E-state index in [1.807, 2.05) is 6.92 Å². The Morgan fingerprint density at radius 1 is 0.914 bits per heavy atom. The lowest BCUT2D eigenvalue weighted by molar-refractivity contribution is -0.131. The van der Waals surface area contributed by atoms with Gasteiger partial charge in [-0.1, -0.05) is 50.6 Å². The highest BCUT2D eigenvalue weighted by atomic mass is 35.5. The van der Waals surface area contributed by atoms with Gasteiger partial charge in [0.2, 0.25) is 0 Å². The van der Waals surface area contributed by atoms with E-state index >= 15 is 0 Å². The molecule has 0 aliphatic rings. The molecule has 5 nitrogen and oxygen atoms in total. The first-order chi connectivity index (χ1) is 15.6. The van der Waals surface area contributed by atoms with Gasteiger partial charge in [0.25, 0.3) is 0 Å². The van der Waals surface area contributed by atoms with E-state index in [1.54, 1.807) is 24.3 Å². The van der Waals surface area contributed by atoms with Crippen molar-refractivity contribution in [2.45, 2.75) is 61.1 Å². The summed E-state index contributed by atoms with van der Waals surface area (Å²) in [7, 11) is 0. The minimum atomic E-state index is -0.349. The zero-order valence-corrected chi connectivity index (χ0v) is 22.9. The van der Waals surface area contributed by atoms with Crippen molar-refractivity contribution in [3.8, 4) is 22.6 Å². The normalized spacial score (nSPS) is 10.7. The summed E-state index contributed by atoms with van der Waals surface area (Å²) < 4.78 is 11.2. The predicted octanol–water partition coefficient (Wildman–Crippen LogP) is 6.76. The van der Waals surface area contributed by atoms with Crippen LogP contribution >= 0.6 is 24.8 Å². The van der Waals surface area contributed by atoms with Crippen LogP contribution in [0.4, 0.5) is 0 Å². The molecule has 0 unspecified atom stereocenters. The van der Waals surface area contributed by atoms with Gasteiger partial charge in [0.1, 0.15) is 18.1 Å². The lowest BCUT2D eigenvalue weighted by Crippen LogP contribution is -2.18. The molecule has 1 heterocycles. The highest BCUT2D eigenvalue weighted by Gasteiger charge is 2.22. The largest absolute Gasteiger partial charge is 0.489 e. The monoisotopic (exact) mass is 518 g/mol. The molecular weight excluding hydrogens is 483 g/mol. The Kier molecular flexibility index (Phi) is 11.2. The van der Waals surface area contributed by atoms with E-state index in [9.17, 15) is 4.79 Å². The maximum Gasteiger partial charge on any atom is 0.308 e. The summed E-state index contributed by atoms with van der Waals surface area (Å²) in [6.45, 7) is 12.9. The molecule has 0 aliphatic carbocycles. The standard InChI is InChI=1S/C28H34N2O3.2ClH/c1-18-7-9-21(10-8-18)27-24(16-29)26(15-28(4,5)6)30-19(2)25(27)17-32-22-11-13-23(14-12-22)33-20(3)31;;/h7-14H,15-17,29H2,1-6H3;2*1H. The van der Waals surface area contributed by atoms with Crippen molar-refractivity contribution < 1.29 is 14.3 Å². The van der Waals surface area contributed by atoms with E-state index in [0.717, 1.165) is 40.1 Å². The van der Waals surface area contributed by atoms with Crippen molar-refractivity contribution in [1.82, 2.24) is 4.98 Å². The number of nitrogens with two attached hydrogens (primary N) is 1. The topological polar surface area (TPSA) is 74.4 Å². The third kappa shape index (κ3) is 8.24. The highest BCUT2D eigenvalue weighted by molar-refractivity contribution is 5.85. The SMILES string of the molecule is CC(=O)Oc1ccc(OCc2c(C)nc(CC(C)(C)C)c(CN)c2-c2ccc(C)cc2)cc1.Cl.Cl. The summed E-state index contributed by atoms with van der Waals surface area (Å²) in [6, 6.07) is 15.6. The minimum Gasteiger partial charge on any atom is -0.489 e. The molecule has 0 bridgehead atoms. The number of aromatic nitrogens is 1. The first kappa shape index (κ1) is 30.4. The first-order valence-electron chi connectivity index (χ1n) is 11.3. The van der Waals surface area contributed by atoms with Gasteiger partial charge in [-0.25, -0.2) is 0 Å². The molecule has 3 aromatic rings. The number of ether oxygens (including phenoxy) is 2. The van der Waals surface area contributed by atoms with Crippen LogP contribution < -0.4 is 15.2 Å². The molecule has 0 amide bonds. The molecule has 0 fully saturated rings. The minimum absolute atomic E-state index is 0. The molecule has 7 heteroatoms. The van der Waals surface area contributed by atoms with Crippen molar-refractivity contribution in [2.75, 3.05) is 0 Å². The Morgan fingerprint density at radius 2 is 1.49 bits per heavy atom. The van der Waals surface area contributed by atoms with Gasteiger partial charge in [-0.3, -0.25) is 9.78 Å². The number of hydrogen-bond acceptors (Lipinski definition) is 5. The van der Waals surface area contributed by atoms with Crippen molar-refractivity contribution >= 4 is 30.8 Å². The van der Waals surface area contributed by atoms with Gasteiger partial charge in [-0.05, 0) is 66.6 Å². The Labute approximate surface area is 221 Å². The van der Waals surface area contributed by atoms with Crippen LogP contribution in [0.2, 0.25) is 0 Å². The molecular formula is C28H36Cl2N2O3. The number of carbonyl (C=O) groups excluding carboxylic acids is 1. The van der Waals surface area contributed by atoms with Crippen LogP contribution in [0.3, 0.4) is 0 Å². The van der Waals surface area contributed by atoms with Crippen LogP contribution in [-0.2, 0) is 24.4 Å². The van der Waals surface area contributed by atoms with Crippen LogP contribution in [-0.4, -0.2) is 11.0 Å². The van der Waals surface area contributed by atoms with E-state index in [-0.39, 0.29) is 36.2 Å². The second-order valence-electron chi connectivity index (χ2n) is 9.64. The molecule has 0 aliphatic heterocycles. The summed E-state index contributed by atoms with van der Waals surface area (Å²) in [6.07, 6.45) is 0.845. The van der Waals surface area contributed by atoms with Crippen molar-refractivity contribution in [3.63, 3.8) is 0 Å². The number of halogens is 2. The number of nitrogens with zero attached hydrogens (tertiary/aromatic N) is 1. The van der Waals surface area contributed by atoms with Crippen molar-refractivity contribution in [3.05, 3.63) is 76.6 Å². The third-order valence-electron chi connectivity index (χ3n) is 5.40. The van der Waals surface area contributed by atoms with Crippen LogP contribution in [0, 0.1) is 19.3 Å². The molecule has 0 saturated heterocycles. The Bertz CT molecular complexity index is 1120. The van der Waals surface area contributed by atoms with Crippen LogP contribution in [0.25, 0.3) is 11.1 Å². The van der Waals surface area contributed by atoms with Gasteiger partial charge in [-0.2, -0.15) is 0 Å². The van der Waals surface area contributed by atoms with Crippen molar-refractivity contribution in [2.24, 2.45) is 11.1 Å². The van der Waals surface area contributed by atoms with E-state index in [2.05, 4.69) is 52.0 Å². The number of aryl methyl sites for hydroxylation is 2. The van der Waals surface area contributed by atoms with Crippen LogP contribution in [0.15, 0.2) is 48.5 Å². The van der Waals surface area contributed by atoms with Gasteiger partial charge in [0.15, 0.2) is 0 Å². The van der Waals surface area contributed by atoms with Crippen LogP contribution in [0.1, 0.15) is 55.8 Å². The number of hydrogen-bond donors (Lipinski definition) is 1. The first-order valence-corrected chi connectivity index (χ1v) is 11.3. The lowest BCUT2D eigenvalue weighted by Gasteiger charge is -2.24. The number of carbonyl (C=O) groups is 1. The molecule has 2 aromatic carbocycles. The molecule has 2 N–H and O–H groups in total. The van der Waals surface area contributed by atoms with Crippen molar-refractivity contribution in [1.29, 1.82) is 0 Å². The molecule has 1 aromatic heterocycles. The fraction of sp³-hybridized carbons (Fsp3) is 0.357. The molecule has 0 atom stereocenters. The number of benzene rings is 2. The summed E-state index contributed by atoms with van der Waals surface area (Å²) in [5, 5.41) is 0. The fourth-order valence-electron chi connectivity index (χ4n) is 3.88. The summed E-state index contributed by atoms with van der Waals surface area (Å²) >= 11 is 0. The smallest absolute Gasteiger partial charge is 0.308 e. The maximum absolute atomic E-state index is 11.1. The van der Waals surface area contributed by atoms with Gasteiger partial charge < -0.3 is 15.2 Å². The second kappa shape index (κ2) is 12.9. The Hall–Kier alpha value is -2.60. The number of esters is 1. The van der Waals surface area contributed by atoms with Gasteiger partial charge in [0, 0.05) is 30.4 Å². The molecule has 0 saturated carbocycles. The molecule has 0 radical (unpaired) electrons. The average Bonchev–Trinajstić information content (AvgIpc) is 2.73. The van der Waals surface area contributed by atoms with E-state index < -0.39 is 0 Å². The molecule has 35 heavy (non-hydrogen) atoms. The molecule has 0 spiro atoms. The van der Waals surface area contributed by atoms with Gasteiger partial charge in [-0.15, -0.1) is 24.8 Å². The molecule has 3 rings (SSSR count). The van der Waals surface area contributed by atoms with Gasteiger partial charge >= 0.3 is 5.97 Å². The fourth-order valence-corrected chi connectivity index (χ4v) is 3.88. The predicted molar refractivity (Wildman–Crippen MR) is 147 cm³/mol. The van der Waals surface area contributed by atoms with E-state index in [4.69, 9.17) is 20.2 Å². The zero-order chi connectivity index (χ0) is 24.2. The second-order valence-corrected chi connectivity index (χ2v) is 9.64. The average molecular weight is 520 g/mol. The lowest BCUT2D eigenvalue weighted by atomic mass is 9.85. The maximum atomic E-state index is 11.1. The summed E-state index contributed by atoms with van der Waals surface area (Å²) in [5.74, 6) is 0.830. The van der Waals surface area contributed by atoms with Crippen LogP contribution in [0.5, 0.6) is 11.5 Å². The number of pyridine rings is 1. The third-order valence-corrected chi connectivity index (χ3v) is 5.40. The number of rotatable bonds is 7. The Morgan fingerprint density at radius 3 is 2.00 bits per heavy atom. The quantitative estimate of drug-likeness (QED) is 0.276. The van der Waals surface area contributed by atoms with E-state index in [1.165, 1.54) is 12.5 Å². The summed E-state index contributed by atoms with van der Waals surface area (Å²) in [4.78, 5) is 16.1. The summed E-state index contributed by atoms with van der Waals surface area (Å²) in [5.41, 5.74) is 13.9. The molecule has 190 valence electrons. The highest BCUT2D eigenvalue weighted by Crippen LogP contribution is 2.35. The Balaban J connectivity index is 0.00000306. The zero-order valence-electron chi connectivity index (χ0n) is 21.3.